The molecule has 0 bridgehead atoms. The van der Waals surface area contributed by atoms with E-state index >= 15 is 0 Å². The van der Waals surface area contributed by atoms with Gasteiger partial charge in [0.25, 0.3) is 5.91 Å². The zero-order valence-electron chi connectivity index (χ0n) is 16.0. The number of amides is 1. The van der Waals surface area contributed by atoms with Crippen LogP contribution in [0.25, 0.3) is 5.69 Å². The lowest BCUT2D eigenvalue weighted by atomic mass is 9.85. The van der Waals surface area contributed by atoms with Gasteiger partial charge in [-0.1, -0.05) is 18.9 Å². The topological polar surface area (TPSA) is 38.1 Å². The molecule has 150 valence electrons. The molecule has 1 aromatic carbocycles. The average molecular weight is 391 g/mol. The van der Waals surface area contributed by atoms with E-state index in [1.807, 2.05) is 4.90 Å². The summed E-state index contributed by atoms with van der Waals surface area (Å²) in [4.78, 5) is 15.3. The highest BCUT2D eigenvalue weighted by Crippen LogP contribution is 2.40. The van der Waals surface area contributed by atoms with Gasteiger partial charge in [-0.3, -0.25) is 4.79 Å². The molecule has 2 aliphatic rings. The van der Waals surface area contributed by atoms with Crippen molar-refractivity contribution in [2.45, 2.75) is 64.2 Å². The summed E-state index contributed by atoms with van der Waals surface area (Å²) >= 11 is 0. The predicted octanol–water partition coefficient (Wildman–Crippen LogP) is 4.99. The molecule has 7 heteroatoms. The van der Waals surface area contributed by atoms with Gasteiger partial charge in [-0.25, -0.2) is 4.68 Å². The summed E-state index contributed by atoms with van der Waals surface area (Å²) in [7, 11) is 0. The fourth-order valence-corrected chi connectivity index (χ4v) is 4.89. The van der Waals surface area contributed by atoms with Gasteiger partial charge in [-0.15, -0.1) is 0 Å². The number of hydrogen-bond donors (Lipinski definition) is 0. The Morgan fingerprint density at radius 3 is 2.71 bits per heavy atom. The largest absolute Gasteiger partial charge is 0.416 e. The van der Waals surface area contributed by atoms with Crippen LogP contribution in [0.15, 0.2) is 30.5 Å². The smallest absolute Gasteiger partial charge is 0.333 e. The van der Waals surface area contributed by atoms with Crippen LogP contribution in [0.5, 0.6) is 0 Å². The van der Waals surface area contributed by atoms with Gasteiger partial charge < -0.3 is 4.90 Å². The maximum atomic E-state index is 13.3. The first-order chi connectivity index (χ1) is 13.3. The summed E-state index contributed by atoms with van der Waals surface area (Å²) < 4.78 is 40.5. The Morgan fingerprint density at radius 1 is 1.21 bits per heavy atom. The third kappa shape index (κ3) is 3.20. The fraction of sp³-hybridized carbons (Fsp3) is 0.524. The molecular weight excluding hydrogens is 367 g/mol. The molecule has 1 aliphatic carbocycles. The molecule has 1 aliphatic heterocycles. The van der Waals surface area contributed by atoms with Crippen LogP contribution in [-0.2, 0) is 6.18 Å². The molecule has 4 rings (SSSR count). The summed E-state index contributed by atoms with van der Waals surface area (Å²) in [6.45, 7) is 3.82. The van der Waals surface area contributed by atoms with Crippen LogP contribution < -0.4 is 0 Å². The number of fused-ring (bicyclic) bond motifs is 1. The van der Waals surface area contributed by atoms with Crippen molar-refractivity contribution in [3.05, 3.63) is 47.3 Å². The van der Waals surface area contributed by atoms with Crippen LogP contribution in [0.4, 0.5) is 13.2 Å². The highest BCUT2D eigenvalue weighted by atomic mass is 19.4. The number of carbonyl (C=O) groups is 1. The van der Waals surface area contributed by atoms with Crippen molar-refractivity contribution in [2.75, 3.05) is 0 Å². The van der Waals surface area contributed by atoms with E-state index in [0.717, 1.165) is 31.4 Å². The van der Waals surface area contributed by atoms with Crippen molar-refractivity contribution in [1.82, 2.24) is 14.7 Å². The number of likely N-dealkylation sites (tertiary alicyclic amines) is 1. The molecule has 3 unspecified atom stereocenters. The molecule has 28 heavy (non-hydrogen) atoms. The number of carbonyl (C=O) groups excluding carboxylic acids is 1. The van der Waals surface area contributed by atoms with Crippen molar-refractivity contribution < 1.29 is 18.0 Å². The molecule has 2 aromatic rings. The SMILES string of the molecule is Cc1c(C(=O)N2C(C)CC3CCCCC32)cnn1-c1cccc(C(F)(F)F)c1. The standard InChI is InChI=1S/C21H24F3N3O/c1-13-10-15-6-3-4-9-19(15)26(13)20(28)18-12-25-27(14(18)2)17-8-5-7-16(11-17)21(22,23)24/h5,7-8,11-13,15,19H,3-4,6,9-10H2,1-2H3. The quantitative estimate of drug-likeness (QED) is 0.723. The summed E-state index contributed by atoms with van der Waals surface area (Å²) in [6, 6.07) is 5.46. The van der Waals surface area contributed by atoms with Gasteiger partial charge in [0, 0.05) is 12.1 Å². The van der Waals surface area contributed by atoms with Crippen LogP contribution in [0.1, 0.15) is 60.6 Å². The third-order valence-corrected chi connectivity index (χ3v) is 6.24. The number of hydrogen-bond acceptors (Lipinski definition) is 2. The van der Waals surface area contributed by atoms with E-state index in [-0.39, 0.29) is 18.0 Å². The van der Waals surface area contributed by atoms with Gasteiger partial charge in [0.15, 0.2) is 0 Å². The molecule has 0 radical (unpaired) electrons. The molecule has 1 aromatic heterocycles. The van der Waals surface area contributed by atoms with Crippen LogP contribution in [0, 0.1) is 12.8 Å². The predicted molar refractivity (Wildman–Crippen MR) is 99.3 cm³/mol. The first-order valence-corrected chi connectivity index (χ1v) is 9.82. The van der Waals surface area contributed by atoms with Crippen molar-refractivity contribution in [1.29, 1.82) is 0 Å². The van der Waals surface area contributed by atoms with Gasteiger partial charge in [0.2, 0.25) is 0 Å². The van der Waals surface area contributed by atoms with Gasteiger partial charge in [-0.2, -0.15) is 18.3 Å². The zero-order valence-corrected chi connectivity index (χ0v) is 16.0. The first-order valence-electron chi connectivity index (χ1n) is 9.82. The molecule has 2 fully saturated rings. The normalized spacial score (nSPS) is 25.0. The molecule has 0 N–H and O–H groups in total. The van der Waals surface area contributed by atoms with Crippen molar-refractivity contribution in [3.8, 4) is 5.69 Å². The van der Waals surface area contributed by atoms with Gasteiger partial charge in [-0.05, 0) is 57.2 Å². The van der Waals surface area contributed by atoms with Gasteiger partial charge >= 0.3 is 6.18 Å². The van der Waals surface area contributed by atoms with E-state index < -0.39 is 11.7 Å². The molecule has 2 heterocycles. The van der Waals surface area contributed by atoms with Gasteiger partial charge in [0.05, 0.1) is 28.7 Å². The molecule has 1 amide bonds. The zero-order chi connectivity index (χ0) is 20.1. The lowest BCUT2D eigenvalue weighted by Gasteiger charge is -2.33. The Bertz CT molecular complexity index is 889. The molecule has 3 atom stereocenters. The first kappa shape index (κ1) is 19.0. The molecular formula is C21H24F3N3O. The molecule has 4 nitrogen and oxygen atoms in total. The second-order valence-electron chi connectivity index (χ2n) is 8.01. The lowest BCUT2D eigenvalue weighted by Crippen LogP contribution is -2.42. The Labute approximate surface area is 162 Å². The molecule has 0 spiro atoms. The van der Waals surface area contributed by atoms with Crippen molar-refractivity contribution in [3.63, 3.8) is 0 Å². The summed E-state index contributed by atoms with van der Waals surface area (Å²) in [6.07, 6.45) is 2.65. The number of nitrogens with zero attached hydrogens (tertiary/aromatic N) is 3. The second-order valence-corrected chi connectivity index (χ2v) is 8.01. The van der Waals surface area contributed by atoms with Gasteiger partial charge in [0.1, 0.15) is 0 Å². The monoisotopic (exact) mass is 391 g/mol. The van der Waals surface area contributed by atoms with Crippen molar-refractivity contribution in [2.24, 2.45) is 5.92 Å². The average Bonchev–Trinajstić information content (AvgIpc) is 3.20. The summed E-state index contributed by atoms with van der Waals surface area (Å²) in [5.74, 6) is 0.504. The van der Waals surface area contributed by atoms with Crippen LogP contribution >= 0.6 is 0 Å². The van der Waals surface area contributed by atoms with Crippen LogP contribution in [0.2, 0.25) is 0 Å². The number of alkyl halides is 3. The minimum atomic E-state index is -4.42. The number of halogens is 3. The maximum absolute atomic E-state index is 13.3. The van der Waals surface area contributed by atoms with E-state index in [1.54, 1.807) is 13.0 Å². The Balaban J connectivity index is 1.65. The van der Waals surface area contributed by atoms with E-state index in [9.17, 15) is 18.0 Å². The maximum Gasteiger partial charge on any atom is 0.416 e. The third-order valence-electron chi connectivity index (χ3n) is 6.24. The minimum Gasteiger partial charge on any atom is -0.333 e. The summed E-state index contributed by atoms with van der Waals surface area (Å²) in [5, 5.41) is 4.23. The van der Waals surface area contributed by atoms with E-state index in [1.165, 1.54) is 29.8 Å². The van der Waals surface area contributed by atoms with Crippen molar-refractivity contribution >= 4 is 5.91 Å². The highest BCUT2D eigenvalue weighted by Gasteiger charge is 2.43. The highest BCUT2D eigenvalue weighted by molar-refractivity contribution is 5.95. The second kappa shape index (κ2) is 6.94. The van der Waals surface area contributed by atoms with E-state index in [2.05, 4.69) is 12.0 Å². The Kier molecular flexibility index (Phi) is 4.71. The molecule has 1 saturated carbocycles. The Morgan fingerprint density at radius 2 is 1.96 bits per heavy atom. The lowest BCUT2D eigenvalue weighted by molar-refractivity contribution is -0.137. The van der Waals surface area contributed by atoms with Crippen LogP contribution in [-0.4, -0.2) is 32.7 Å². The van der Waals surface area contributed by atoms with Crippen LogP contribution in [0.3, 0.4) is 0 Å². The Hall–Kier alpha value is -2.31. The van der Waals surface area contributed by atoms with E-state index in [4.69, 9.17) is 0 Å². The minimum absolute atomic E-state index is 0.0578. The van der Waals surface area contributed by atoms with E-state index in [0.29, 0.717) is 22.9 Å². The molecule has 1 saturated heterocycles. The number of aromatic nitrogens is 2. The number of rotatable bonds is 2. The fourth-order valence-electron chi connectivity index (χ4n) is 4.89. The number of benzene rings is 1. The summed E-state index contributed by atoms with van der Waals surface area (Å²) in [5.41, 5.74) is 0.605.